The van der Waals surface area contributed by atoms with E-state index in [1.807, 2.05) is 42.6 Å². The fourth-order valence-electron chi connectivity index (χ4n) is 5.38. The van der Waals surface area contributed by atoms with Gasteiger partial charge in [0.15, 0.2) is 0 Å². The highest BCUT2D eigenvalue weighted by atomic mass is 16.5. The molecule has 2 amide bonds. The molecular weight excluding hydrogens is 394 g/mol. The number of H-pyrrole nitrogens is 1. The number of furan rings is 1. The fourth-order valence-corrected chi connectivity index (χ4v) is 5.38. The summed E-state index contributed by atoms with van der Waals surface area (Å²) < 4.78 is 11.6. The highest BCUT2D eigenvalue weighted by molar-refractivity contribution is 5.93. The molecule has 2 bridgehead atoms. The molecule has 3 aromatic rings. The molecule has 7 nitrogen and oxygen atoms in total. The van der Waals surface area contributed by atoms with E-state index in [4.69, 9.17) is 9.15 Å². The minimum absolute atomic E-state index is 0.0416. The number of carbonyl (C=O) groups excluding carboxylic acids is 2. The molecule has 31 heavy (non-hydrogen) atoms. The largest absolute Gasteiger partial charge is 0.467 e. The van der Waals surface area contributed by atoms with Crippen molar-refractivity contribution in [1.29, 1.82) is 0 Å². The number of hydrogen-bond donors (Lipinski definition) is 2. The van der Waals surface area contributed by atoms with Crippen molar-refractivity contribution < 1.29 is 18.7 Å². The Morgan fingerprint density at radius 2 is 2.16 bits per heavy atom. The average molecular weight is 417 g/mol. The van der Waals surface area contributed by atoms with Gasteiger partial charge in [0, 0.05) is 23.6 Å². The molecule has 0 aliphatic carbocycles. The predicted molar refractivity (Wildman–Crippen MR) is 113 cm³/mol. The lowest BCUT2D eigenvalue weighted by molar-refractivity contribution is -0.138. The number of benzene rings is 1. The Morgan fingerprint density at radius 3 is 3.03 bits per heavy atom. The number of carbonyl (C=O) groups is 2. The van der Waals surface area contributed by atoms with Crippen molar-refractivity contribution >= 4 is 22.7 Å². The summed E-state index contributed by atoms with van der Waals surface area (Å²) in [5, 5.41) is 4.21. The van der Waals surface area contributed by atoms with E-state index in [1.165, 1.54) is 5.39 Å². The van der Waals surface area contributed by atoms with E-state index in [0.29, 0.717) is 19.6 Å². The first-order valence-electron chi connectivity index (χ1n) is 10.7. The van der Waals surface area contributed by atoms with Crippen LogP contribution in [0, 0.1) is 11.8 Å². The van der Waals surface area contributed by atoms with Gasteiger partial charge in [-0.05, 0) is 30.2 Å². The van der Waals surface area contributed by atoms with Crippen LogP contribution in [0.25, 0.3) is 10.9 Å². The zero-order valence-corrected chi connectivity index (χ0v) is 16.9. The first-order valence-corrected chi connectivity index (χ1v) is 10.7. The molecule has 2 saturated heterocycles. The van der Waals surface area contributed by atoms with Crippen molar-refractivity contribution in [1.82, 2.24) is 15.2 Å². The van der Waals surface area contributed by atoms with Crippen molar-refractivity contribution in [3.8, 4) is 0 Å². The van der Waals surface area contributed by atoms with Crippen molar-refractivity contribution in [2.75, 3.05) is 13.1 Å². The van der Waals surface area contributed by atoms with Gasteiger partial charge in [0.05, 0.1) is 37.3 Å². The number of aromatic amines is 1. The van der Waals surface area contributed by atoms with Crippen LogP contribution in [-0.4, -0.2) is 46.5 Å². The molecule has 4 atom stereocenters. The zero-order chi connectivity index (χ0) is 21.0. The standard InChI is InChI=1S/C24H23N3O4/c28-22(25-10-8-15-12-26-18-6-2-1-5-17(15)18)20-19-7-9-24(31-19)14-27(23(29)21(20)24)13-16-4-3-11-30-16/h1-7,9,11-12,19-21,26H,8,10,13-14H2,(H,25,28)/t19-,20-,21-,24-/m1/s1. The normalized spacial score (nSPS) is 28.6. The number of fused-ring (bicyclic) bond motifs is 2. The Hall–Kier alpha value is -3.32. The average Bonchev–Trinajstić information content (AvgIpc) is 3.58. The summed E-state index contributed by atoms with van der Waals surface area (Å²) in [4.78, 5) is 31.3. The van der Waals surface area contributed by atoms with Crippen molar-refractivity contribution in [3.63, 3.8) is 0 Å². The quantitative estimate of drug-likeness (QED) is 0.603. The second-order valence-corrected chi connectivity index (χ2v) is 8.57. The van der Waals surface area contributed by atoms with Gasteiger partial charge in [0.1, 0.15) is 11.4 Å². The number of hydrogen-bond acceptors (Lipinski definition) is 4. The number of nitrogens with one attached hydrogen (secondary N) is 2. The number of ether oxygens (including phenoxy) is 1. The zero-order valence-electron chi connectivity index (χ0n) is 16.9. The minimum atomic E-state index is -0.701. The molecule has 1 aromatic carbocycles. The van der Waals surface area contributed by atoms with E-state index in [9.17, 15) is 9.59 Å². The third-order valence-electron chi connectivity index (χ3n) is 6.78. The third-order valence-corrected chi connectivity index (χ3v) is 6.78. The van der Waals surface area contributed by atoms with Gasteiger partial charge >= 0.3 is 0 Å². The number of rotatable bonds is 6. The van der Waals surface area contributed by atoms with E-state index in [0.717, 1.165) is 23.3 Å². The highest BCUT2D eigenvalue weighted by Gasteiger charge is 2.66. The summed E-state index contributed by atoms with van der Waals surface area (Å²) in [5.41, 5.74) is 1.55. The van der Waals surface area contributed by atoms with Gasteiger partial charge in [0.25, 0.3) is 0 Å². The smallest absolute Gasteiger partial charge is 0.230 e. The SMILES string of the molecule is O=C(NCCc1c[nH]c2ccccc12)[C@@H]1[C@H]2C=C[C@]3(CN(Cc4ccco4)C(=O)[C@@H]13)O2. The minimum Gasteiger partial charge on any atom is -0.467 e. The van der Waals surface area contributed by atoms with Crippen molar-refractivity contribution in [2.24, 2.45) is 11.8 Å². The predicted octanol–water partition coefficient (Wildman–Crippen LogP) is 2.40. The number of para-hydroxylation sites is 1. The van der Waals surface area contributed by atoms with Gasteiger partial charge in [-0.1, -0.05) is 30.4 Å². The van der Waals surface area contributed by atoms with Gasteiger partial charge in [-0.3, -0.25) is 9.59 Å². The van der Waals surface area contributed by atoms with E-state index >= 15 is 0 Å². The molecular formula is C24H23N3O4. The van der Waals surface area contributed by atoms with Crippen LogP contribution in [0.1, 0.15) is 11.3 Å². The summed E-state index contributed by atoms with van der Waals surface area (Å²) in [6.45, 7) is 1.35. The van der Waals surface area contributed by atoms with Crippen molar-refractivity contribution in [2.45, 2.75) is 24.7 Å². The molecule has 5 heterocycles. The van der Waals surface area contributed by atoms with Crippen LogP contribution in [0.4, 0.5) is 0 Å². The number of aromatic nitrogens is 1. The first-order chi connectivity index (χ1) is 15.1. The second-order valence-electron chi connectivity index (χ2n) is 8.57. The maximum Gasteiger partial charge on any atom is 0.230 e. The number of amides is 2. The maximum atomic E-state index is 13.2. The van der Waals surface area contributed by atoms with Crippen molar-refractivity contribution in [3.05, 3.63) is 72.3 Å². The molecule has 0 saturated carbocycles. The molecule has 3 aliphatic rings. The van der Waals surface area contributed by atoms with Crippen LogP contribution in [0.15, 0.2) is 65.4 Å². The summed E-state index contributed by atoms with van der Waals surface area (Å²) in [7, 11) is 0. The molecule has 2 N–H and O–H groups in total. The summed E-state index contributed by atoms with van der Waals surface area (Å²) >= 11 is 0. The molecule has 0 unspecified atom stereocenters. The van der Waals surface area contributed by atoms with Gasteiger partial charge in [0.2, 0.25) is 11.8 Å². The lowest BCUT2D eigenvalue weighted by Gasteiger charge is -2.23. The Bertz CT molecular complexity index is 1180. The lowest BCUT2D eigenvalue weighted by Crippen LogP contribution is -2.44. The Balaban J connectivity index is 1.15. The first kappa shape index (κ1) is 18.4. The Kier molecular flexibility index (Phi) is 4.08. The third kappa shape index (κ3) is 2.84. The van der Waals surface area contributed by atoms with Gasteiger partial charge in [-0.25, -0.2) is 0 Å². The molecule has 1 spiro atoms. The molecule has 7 heteroatoms. The lowest BCUT2D eigenvalue weighted by atomic mass is 9.77. The van der Waals surface area contributed by atoms with E-state index in [1.54, 1.807) is 17.2 Å². The second kappa shape index (κ2) is 6.85. The molecule has 158 valence electrons. The fraction of sp³-hybridized carbons (Fsp3) is 0.333. The van der Waals surface area contributed by atoms with Gasteiger partial charge < -0.3 is 24.4 Å². The van der Waals surface area contributed by atoms with Crippen LogP contribution < -0.4 is 5.32 Å². The maximum absolute atomic E-state index is 13.2. The Labute approximate surface area is 179 Å². The number of nitrogens with zero attached hydrogens (tertiary/aromatic N) is 1. The highest BCUT2D eigenvalue weighted by Crippen LogP contribution is 2.52. The summed E-state index contributed by atoms with van der Waals surface area (Å²) in [6, 6.07) is 11.8. The van der Waals surface area contributed by atoms with Gasteiger partial charge in [-0.2, -0.15) is 0 Å². The Morgan fingerprint density at radius 1 is 1.26 bits per heavy atom. The number of likely N-dealkylation sites (tertiary alicyclic amines) is 1. The van der Waals surface area contributed by atoms with Gasteiger partial charge in [-0.15, -0.1) is 0 Å². The van der Waals surface area contributed by atoms with E-state index < -0.39 is 17.4 Å². The van der Waals surface area contributed by atoms with Crippen LogP contribution in [0.5, 0.6) is 0 Å². The summed E-state index contributed by atoms with van der Waals surface area (Å²) in [5.74, 6) is -0.412. The molecule has 2 aromatic heterocycles. The topological polar surface area (TPSA) is 87.6 Å². The molecule has 2 fully saturated rings. The van der Waals surface area contributed by atoms with E-state index in [2.05, 4.69) is 16.4 Å². The molecule has 6 rings (SSSR count). The van der Waals surface area contributed by atoms with Crippen LogP contribution >= 0.6 is 0 Å². The monoisotopic (exact) mass is 417 g/mol. The summed E-state index contributed by atoms with van der Waals surface area (Å²) in [6.07, 6.45) is 7.87. The van der Waals surface area contributed by atoms with Crippen LogP contribution in [0.2, 0.25) is 0 Å². The van der Waals surface area contributed by atoms with Crippen LogP contribution in [0.3, 0.4) is 0 Å². The van der Waals surface area contributed by atoms with Crippen LogP contribution in [-0.2, 0) is 27.3 Å². The molecule has 0 radical (unpaired) electrons. The molecule has 3 aliphatic heterocycles. The van der Waals surface area contributed by atoms with E-state index in [-0.39, 0.29) is 17.9 Å².